The molecule has 0 spiro atoms. The highest BCUT2D eigenvalue weighted by Crippen LogP contribution is 2.47. The first-order valence-electron chi connectivity index (χ1n) is 7.94. The van der Waals surface area contributed by atoms with Crippen LogP contribution in [0.1, 0.15) is 22.8 Å². The second-order valence-electron chi connectivity index (χ2n) is 5.98. The molecule has 1 amide bonds. The fourth-order valence-electron chi connectivity index (χ4n) is 3.14. The van der Waals surface area contributed by atoms with Gasteiger partial charge < -0.3 is 5.32 Å². The first-order valence-corrected chi connectivity index (χ1v) is 11.1. The van der Waals surface area contributed by atoms with E-state index in [1.807, 2.05) is 24.3 Å². The number of rotatable bonds is 3. The first-order chi connectivity index (χ1) is 12.5. The Labute approximate surface area is 163 Å². The minimum Gasteiger partial charge on any atom is -0.324 e. The molecule has 1 atom stereocenters. The number of benzene rings is 2. The molecule has 0 saturated carbocycles. The third kappa shape index (κ3) is 2.90. The summed E-state index contributed by atoms with van der Waals surface area (Å²) in [5, 5.41) is 4.41. The van der Waals surface area contributed by atoms with Crippen LogP contribution in [0.25, 0.3) is 0 Å². The molecule has 0 unspecified atom stereocenters. The van der Waals surface area contributed by atoms with Gasteiger partial charge in [-0.3, -0.25) is 4.79 Å². The number of thiophene rings is 1. The lowest BCUT2D eigenvalue weighted by atomic mass is 9.91. The van der Waals surface area contributed by atoms with Crippen LogP contribution in [0.15, 0.2) is 74.2 Å². The third-order valence-electron chi connectivity index (χ3n) is 4.38. The predicted molar refractivity (Wildman–Crippen MR) is 105 cm³/mol. The lowest BCUT2D eigenvalue weighted by Gasteiger charge is -2.24. The number of nitrogens with one attached hydrogen (secondary N) is 1. The molecule has 3 aromatic rings. The number of anilines is 1. The lowest BCUT2D eigenvalue weighted by molar-refractivity contribution is -0.116. The van der Waals surface area contributed by atoms with Crippen LogP contribution in [0, 0.1) is 0 Å². The molecule has 0 bridgehead atoms. The molecule has 26 heavy (non-hydrogen) atoms. The molecule has 0 aliphatic carbocycles. The summed E-state index contributed by atoms with van der Waals surface area (Å²) in [6.07, 6.45) is 0.293. The van der Waals surface area contributed by atoms with Gasteiger partial charge in [0.2, 0.25) is 15.7 Å². The van der Waals surface area contributed by atoms with E-state index in [-0.39, 0.29) is 21.6 Å². The number of hydrogen-bond donors (Lipinski definition) is 1. The molecule has 1 aliphatic rings. The lowest BCUT2D eigenvalue weighted by Crippen LogP contribution is -2.23. The van der Waals surface area contributed by atoms with Crippen LogP contribution in [0.2, 0.25) is 0 Å². The van der Waals surface area contributed by atoms with E-state index in [2.05, 4.69) is 21.2 Å². The van der Waals surface area contributed by atoms with Crippen LogP contribution in [0.5, 0.6) is 0 Å². The second kappa shape index (κ2) is 6.64. The monoisotopic (exact) mass is 447 g/mol. The first kappa shape index (κ1) is 17.5. The van der Waals surface area contributed by atoms with Gasteiger partial charge in [0, 0.05) is 27.1 Å². The van der Waals surface area contributed by atoms with E-state index in [4.69, 9.17) is 0 Å². The van der Waals surface area contributed by atoms with Gasteiger partial charge in [-0.1, -0.05) is 52.3 Å². The summed E-state index contributed by atoms with van der Waals surface area (Å²) in [6.45, 7) is 0. The molecule has 0 radical (unpaired) electrons. The van der Waals surface area contributed by atoms with Crippen molar-refractivity contribution in [3.8, 4) is 0 Å². The predicted octanol–water partition coefficient (Wildman–Crippen LogP) is 4.82. The molecule has 0 fully saturated rings. The number of amides is 1. The van der Waals surface area contributed by atoms with Crippen molar-refractivity contribution >= 4 is 48.7 Å². The highest BCUT2D eigenvalue weighted by atomic mass is 79.9. The second-order valence-corrected chi connectivity index (χ2v) is 9.67. The van der Waals surface area contributed by atoms with Crippen molar-refractivity contribution in [2.75, 3.05) is 5.32 Å². The molecule has 4 nitrogen and oxygen atoms in total. The Bertz CT molecular complexity index is 1090. The van der Waals surface area contributed by atoms with E-state index in [0.717, 1.165) is 14.9 Å². The van der Waals surface area contributed by atoms with E-state index < -0.39 is 9.84 Å². The average molecular weight is 448 g/mol. The third-order valence-corrected chi connectivity index (χ3v) is 8.14. The summed E-state index contributed by atoms with van der Waals surface area (Å²) >= 11 is 4.91. The minimum absolute atomic E-state index is 0.161. The highest BCUT2D eigenvalue weighted by molar-refractivity contribution is 9.10. The number of carbonyl (C=O) groups excluding carboxylic acids is 1. The van der Waals surface area contributed by atoms with Gasteiger partial charge in [-0.05, 0) is 23.8 Å². The Balaban J connectivity index is 1.86. The molecule has 0 saturated heterocycles. The molecule has 2 aromatic carbocycles. The molecular weight excluding hydrogens is 434 g/mol. The van der Waals surface area contributed by atoms with Crippen LogP contribution >= 0.6 is 27.3 Å². The smallest absolute Gasteiger partial charge is 0.225 e. The van der Waals surface area contributed by atoms with E-state index in [1.165, 1.54) is 11.3 Å². The van der Waals surface area contributed by atoms with Crippen LogP contribution in [0.3, 0.4) is 0 Å². The fourth-order valence-corrected chi connectivity index (χ4v) is 6.62. The highest BCUT2D eigenvalue weighted by Gasteiger charge is 2.34. The van der Waals surface area contributed by atoms with Crippen molar-refractivity contribution in [2.24, 2.45) is 0 Å². The van der Waals surface area contributed by atoms with Gasteiger partial charge in [0.15, 0.2) is 0 Å². The van der Waals surface area contributed by atoms with Crippen LogP contribution in [-0.2, 0) is 14.6 Å². The topological polar surface area (TPSA) is 63.2 Å². The van der Waals surface area contributed by atoms with Gasteiger partial charge in [-0.15, -0.1) is 11.3 Å². The molecule has 7 heteroatoms. The van der Waals surface area contributed by atoms with Crippen molar-refractivity contribution in [1.82, 2.24) is 0 Å². The van der Waals surface area contributed by atoms with Crippen LogP contribution in [-0.4, -0.2) is 14.3 Å². The van der Waals surface area contributed by atoms with Crippen molar-refractivity contribution in [2.45, 2.75) is 22.1 Å². The van der Waals surface area contributed by atoms with Crippen molar-refractivity contribution < 1.29 is 13.2 Å². The Hall–Kier alpha value is -1.96. The van der Waals surface area contributed by atoms with Gasteiger partial charge in [-0.2, -0.15) is 0 Å². The maximum Gasteiger partial charge on any atom is 0.225 e. The Morgan fingerprint density at radius 1 is 1.04 bits per heavy atom. The normalized spacial score (nSPS) is 16.8. The molecule has 132 valence electrons. The maximum atomic E-state index is 13.0. The number of sulfone groups is 1. The molecule has 4 rings (SSSR count). The van der Waals surface area contributed by atoms with Gasteiger partial charge in [-0.25, -0.2) is 8.42 Å². The summed E-state index contributed by atoms with van der Waals surface area (Å²) in [4.78, 5) is 13.6. The number of carbonyl (C=O) groups is 1. The quantitative estimate of drug-likeness (QED) is 0.625. The summed E-state index contributed by atoms with van der Waals surface area (Å²) in [5.74, 6) is -0.347. The molecule has 1 N–H and O–H groups in total. The van der Waals surface area contributed by atoms with Gasteiger partial charge in [0.25, 0.3) is 0 Å². The largest absolute Gasteiger partial charge is 0.324 e. The fraction of sp³-hybridized carbons (Fsp3) is 0.105. The Kier molecular flexibility index (Phi) is 4.46. The standard InChI is InChI=1S/C19H14BrNO3S2/c20-15-9-5-4-8-13(15)14-10-17(22)21-18-16(11-25-19(14)18)26(23,24)12-6-2-1-3-7-12/h1-9,11,14H,10H2,(H,21,22)/t14-/m1/s1. The molecular formula is C19H14BrNO3S2. The maximum absolute atomic E-state index is 13.0. The van der Waals surface area contributed by atoms with Crippen LogP contribution < -0.4 is 5.32 Å². The van der Waals surface area contributed by atoms with Gasteiger partial charge >= 0.3 is 0 Å². The zero-order valence-electron chi connectivity index (χ0n) is 13.5. The molecule has 1 aliphatic heterocycles. The van der Waals surface area contributed by atoms with Crippen molar-refractivity contribution in [3.63, 3.8) is 0 Å². The molecule has 2 heterocycles. The van der Waals surface area contributed by atoms with Crippen molar-refractivity contribution in [3.05, 3.63) is 74.9 Å². The van der Waals surface area contributed by atoms with Gasteiger partial charge in [0.1, 0.15) is 4.90 Å². The summed E-state index contributed by atoms with van der Waals surface area (Å²) < 4.78 is 27.0. The summed E-state index contributed by atoms with van der Waals surface area (Å²) in [5.41, 5.74) is 1.39. The number of hydrogen-bond acceptors (Lipinski definition) is 4. The van der Waals surface area contributed by atoms with E-state index >= 15 is 0 Å². The number of fused-ring (bicyclic) bond motifs is 1. The minimum atomic E-state index is -3.69. The zero-order chi connectivity index (χ0) is 18.3. The Morgan fingerprint density at radius 2 is 1.73 bits per heavy atom. The molecule has 1 aromatic heterocycles. The van der Waals surface area contributed by atoms with E-state index in [0.29, 0.717) is 12.1 Å². The van der Waals surface area contributed by atoms with Crippen LogP contribution in [0.4, 0.5) is 5.69 Å². The number of halogens is 1. The zero-order valence-corrected chi connectivity index (χ0v) is 16.7. The van der Waals surface area contributed by atoms with E-state index in [1.54, 1.807) is 35.7 Å². The SMILES string of the molecule is O=C1C[C@H](c2ccccc2Br)c2scc(S(=O)(=O)c3ccccc3)c2N1. The summed E-state index contributed by atoms with van der Waals surface area (Å²) in [7, 11) is -3.69. The van der Waals surface area contributed by atoms with E-state index in [9.17, 15) is 13.2 Å². The Morgan fingerprint density at radius 3 is 2.46 bits per heavy atom. The van der Waals surface area contributed by atoms with Gasteiger partial charge in [0.05, 0.1) is 10.6 Å². The average Bonchev–Trinajstić information content (AvgIpc) is 3.07. The van der Waals surface area contributed by atoms with Crippen molar-refractivity contribution in [1.29, 1.82) is 0 Å². The summed E-state index contributed by atoms with van der Waals surface area (Å²) in [6, 6.07) is 16.0.